The monoisotopic (exact) mass is 408 g/mol. The average molecular weight is 409 g/mol. The molecule has 0 unspecified atom stereocenters. The van der Waals surface area contributed by atoms with E-state index < -0.39 is 30.1 Å². The minimum atomic E-state index is -1.09. The van der Waals surface area contributed by atoms with Gasteiger partial charge >= 0.3 is 11.9 Å². The van der Waals surface area contributed by atoms with Crippen LogP contribution in [0, 0.1) is 17.1 Å². The van der Waals surface area contributed by atoms with Gasteiger partial charge in [-0.15, -0.1) is 0 Å². The van der Waals surface area contributed by atoms with Gasteiger partial charge in [0.1, 0.15) is 29.6 Å². The predicted molar refractivity (Wildman–Crippen MR) is 97.0 cm³/mol. The maximum absolute atomic E-state index is 14.0. The van der Waals surface area contributed by atoms with Gasteiger partial charge in [0.05, 0.1) is 29.7 Å². The van der Waals surface area contributed by atoms with Gasteiger partial charge in [0.2, 0.25) is 5.88 Å². The number of hydrogen-bond acceptors (Lipinski definition) is 7. The lowest BCUT2D eigenvalue weighted by molar-refractivity contribution is -0.143. The second-order valence-corrected chi connectivity index (χ2v) is 6.04. The predicted octanol–water partition coefficient (Wildman–Crippen LogP) is 3.06. The molecule has 0 fully saturated rings. The summed E-state index contributed by atoms with van der Waals surface area (Å²) in [6.07, 6.45) is -0.409. The summed E-state index contributed by atoms with van der Waals surface area (Å²) in [6.45, 7) is 3.39. The summed E-state index contributed by atoms with van der Waals surface area (Å²) in [5.41, 5.74) is 5.83. The van der Waals surface area contributed by atoms with Crippen molar-refractivity contribution in [2.75, 3.05) is 13.2 Å². The van der Waals surface area contributed by atoms with Gasteiger partial charge in [-0.2, -0.15) is 5.26 Å². The second kappa shape index (κ2) is 9.24. The highest BCUT2D eigenvalue weighted by molar-refractivity contribution is 6.30. The van der Waals surface area contributed by atoms with E-state index in [1.54, 1.807) is 13.8 Å². The lowest BCUT2D eigenvalue weighted by atomic mass is 9.82. The fraction of sp³-hybridized carbons (Fsp3) is 0.316. The van der Waals surface area contributed by atoms with Crippen LogP contribution in [0.15, 0.2) is 41.0 Å². The molecule has 0 radical (unpaired) electrons. The summed E-state index contributed by atoms with van der Waals surface area (Å²) in [5.74, 6) is -3.72. The molecule has 0 aromatic heterocycles. The smallest absolute Gasteiger partial charge is 0.338 e. The van der Waals surface area contributed by atoms with E-state index in [0.29, 0.717) is 0 Å². The van der Waals surface area contributed by atoms with E-state index in [4.69, 9.17) is 31.5 Å². The third-order valence-corrected chi connectivity index (χ3v) is 4.19. The average Bonchev–Trinajstić information content (AvgIpc) is 2.63. The van der Waals surface area contributed by atoms with Gasteiger partial charge in [-0.1, -0.05) is 17.7 Å². The number of carbonyl (C=O) groups is 2. The fourth-order valence-electron chi connectivity index (χ4n) is 2.75. The van der Waals surface area contributed by atoms with Gasteiger partial charge in [0.25, 0.3) is 0 Å². The van der Waals surface area contributed by atoms with Crippen molar-refractivity contribution < 1.29 is 28.2 Å². The molecule has 2 N–H and O–H groups in total. The molecule has 9 heteroatoms. The first-order valence-corrected chi connectivity index (χ1v) is 8.80. The number of allylic oxidation sites excluding steroid dienone is 1. The van der Waals surface area contributed by atoms with E-state index in [2.05, 4.69) is 0 Å². The standard InChI is InChI=1S/C19H18ClFN2O5/c1-3-26-15(24)8-14-17(19(25)27-4-2)16(11(9-22)18(23)28-14)10-5-6-12(20)13(21)7-10/h5-7,16H,3-4,8,23H2,1-2H3/t16-/m0/s1. The molecule has 0 aliphatic carbocycles. The lowest BCUT2D eigenvalue weighted by Gasteiger charge is -2.28. The summed E-state index contributed by atoms with van der Waals surface area (Å²) in [6, 6.07) is 5.71. The number of rotatable bonds is 6. The molecule has 0 amide bonds. The van der Waals surface area contributed by atoms with Crippen LogP contribution in [-0.2, 0) is 23.8 Å². The van der Waals surface area contributed by atoms with Crippen LogP contribution in [0.4, 0.5) is 4.39 Å². The molecular formula is C19H18ClFN2O5. The molecular weight excluding hydrogens is 391 g/mol. The van der Waals surface area contributed by atoms with Gasteiger partial charge in [0, 0.05) is 0 Å². The molecule has 1 heterocycles. The Bertz CT molecular complexity index is 904. The zero-order valence-corrected chi connectivity index (χ0v) is 16.0. The van der Waals surface area contributed by atoms with E-state index in [0.717, 1.165) is 6.07 Å². The van der Waals surface area contributed by atoms with E-state index >= 15 is 0 Å². The molecule has 0 spiro atoms. The highest BCUT2D eigenvalue weighted by atomic mass is 35.5. The van der Waals surface area contributed by atoms with Gasteiger partial charge in [-0.05, 0) is 31.5 Å². The minimum absolute atomic E-state index is 0.0395. The van der Waals surface area contributed by atoms with Crippen LogP contribution < -0.4 is 5.73 Å². The maximum atomic E-state index is 14.0. The largest absolute Gasteiger partial charge is 0.466 e. The Hall–Kier alpha value is -3.05. The van der Waals surface area contributed by atoms with Crippen molar-refractivity contribution in [3.05, 3.63) is 57.4 Å². The Morgan fingerprint density at radius 2 is 2.00 bits per heavy atom. The Morgan fingerprint density at radius 3 is 2.57 bits per heavy atom. The molecule has 2 rings (SSSR count). The van der Waals surface area contributed by atoms with E-state index in [1.807, 2.05) is 6.07 Å². The number of nitrogens with two attached hydrogens (primary N) is 1. The summed E-state index contributed by atoms with van der Waals surface area (Å²) in [5, 5.41) is 9.42. The molecule has 1 aliphatic rings. The van der Waals surface area contributed by atoms with Crippen LogP contribution in [-0.4, -0.2) is 25.2 Å². The number of carbonyl (C=O) groups excluding carboxylic acids is 2. The molecule has 28 heavy (non-hydrogen) atoms. The van der Waals surface area contributed by atoms with Crippen molar-refractivity contribution in [1.29, 1.82) is 5.26 Å². The SMILES string of the molecule is CCOC(=O)CC1=C(C(=O)OCC)[C@@H](c2ccc(Cl)c(F)c2)C(C#N)=C(N)O1. The highest BCUT2D eigenvalue weighted by Crippen LogP contribution is 2.41. The minimum Gasteiger partial charge on any atom is -0.466 e. The van der Waals surface area contributed by atoms with Crippen LogP contribution in [0.25, 0.3) is 0 Å². The Balaban J connectivity index is 2.67. The molecule has 1 atom stereocenters. The van der Waals surface area contributed by atoms with Crippen molar-refractivity contribution >= 4 is 23.5 Å². The molecule has 0 bridgehead atoms. The van der Waals surface area contributed by atoms with E-state index in [9.17, 15) is 19.2 Å². The van der Waals surface area contributed by atoms with Crippen molar-refractivity contribution in [1.82, 2.24) is 0 Å². The first-order chi connectivity index (χ1) is 13.3. The number of hydrogen-bond donors (Lipinski definition) is 1. The van der Waals surface area contributed by atoms with Crippen molar-refractivity contribution in [3.63, 3.8) is 0 Å². The maximum Gasteiger partial charge on any atom is 0.338 e. The van der Waals surface area contributed by atoms with Crippen LogP contribution in [0.1, 0.15) is 31.7 Å². The highest BCUT2D eigenvalue weighted by Gasteiger charge is 2.38. The molecule has 7 nitrogen and oxygen atoms in total. The lowest BCUT2D eigenvalue weighted by Crippen LogP contribution is -2.27. The Labute approximate surface area is 166 Å². The molecule has 148 valence electrons. The zero-order valence-electron chi connectivity index (χ0n) is 15.3. The van der Waals surface area contributed by atoms with Crippen LogP contribution >= 0.6 is 11.6 Å². The zero-order chi connectivity index (χ0) is 20.8. The summed E-state index contributed by atoms with van der Waals surface area (Å²) < 4.78 is 29.4. The summed E-state index contributed by atoms with van der Waals surface area (Å²) in [4.78, 5) is 24.6. The first kappa shape index (κ1) is 21.3. The fourth-order valence-corrected chi connectivity index (χ4v) is 2.87. The summed E-state index contributed by atoms with van der Waals surface area (Å²) in [7, 11) is 0. The number of ether oxygens (including phenoxy) is 3. The van der Waals surface area contributed by atoms with Crippen molar-refractivity contribution in [3.8, 4) is 6.07 Å². The quantitative estimate of drug-likeness (QED) is 0.720. The Kier molecular flexibility index (Phi) is 7.01. The first-order valence-electron chi connectivity index (χ1n) is 8.42. The van der Waals surface area contributed by atoms with Gasteiger partial charge in [-0.3, -0.25) is 4.79 Å². The molecule has 0 saturated heterocycles. The molecule has 0 saturated carbocycles. The van der Waals surface area contributed by atoms with Gasteiger partial charge in [0.15, 0.2) is 0 Å². The molecule has 1 aromatic carbocycles. The van der Waals surface area contributed by atoms with Crippen LogP contribution in [0.3, 0.4) is 0 Å². The van der Waals surface area contributed by atoms with Crippen LogP contribution in [0.5, 0.6) is 0 Å². The number of nitriles is 1. The van der Waals surface area contributed by atoms with E-state index in [-0.39, 0.29) is 46.6 Å². The molecule has 1 aromatic rings. The number of halogens is 2. The number of nitrogens with zero attached hydrogens (tertiary/aromatic N) is 1. The molecule has 1 aliphatic heterocycles. The number of benzene rings is 1. The van der Waals surface area contributed by atoms with Crippen molar-refractivity contribution in [2.45, 2.75) is 26.2 Å². The van der Waals surface area contributed by atoms with Gasteiger partial charge in [-0.25, -0.2) is 9.18 Å². The third-order valence-electron chi connectivity index (χ3n) is 3.88. The normalized spacial score (nSPS) is 16.3. The topological polar surface area (TPSA) is 112 Å². The van der Waals surface area contributed by atoms with Crippen molar-refractivity contribution in [2.24, 2.45) is 5.73 Å². The second-order valence-electron chi connectivity index (χ2n) is 5.64. The van der Waals surface area contributed by atoms with Crippen LogP contribution in [0.2, 0.25) is 5.02 Å². The number of esters is 2. The summed E-state index contributed by atoms with van der Waals surface area (Å²) >= 11 is 5.73. The van der Waals surface area contributed by atoms with Gasteiger partial charge < -0.3 is 19.9 Å². The Morgan fingerprint density at radius 1 is 1.32 bits per heavy atom. The van der Waals surface area contributed by atoms with E-state index in [1.165, 1.54) is 12.1 Å². The third kappa shape index (κ3) is 4.43.